The van der Waals surface area contributed by atoms with Crippen molar-refractivity contribution in [2.24, 2.45) is 0 Å². The first-order valence-corrected chi connectivity index (χ1v) is 10.2. The molecule has 1 saturated heterocycles. The number of aryl methyl sites for hydroxylation is 1. The van der Waals surface area contributed by atoms with E-state index in [1.165, 1.54) is 22.9 Å². The molecule has 0 aliphatic carbocycles. The van der Waals surface area contributed by atoms with Gasteiger partial charge < -0.3 is 15.3 Å². The van der Waals surface area contributed by atoms with Crippen LogP contribution >= 0.6 is 0 Å². The third-order valence-electron chi connectivity index (χ3n) is 5.83. The summed E-state index contributed by atoms with van der Waals surface area (Å²) in [5.41, 5.74) is 3.64. The zero-order valence-electron chi connectivity index (χ0n) is 16.4. The van der Waals surface area contributed by atoms with Gasteiger partial charge in [-0.15, -0.1) is 10.2 Å². The Bertz CT molecular complexity index is 1030. The highest BCUT2D eigenvalue weighted by Crippen LogP contribution is 2.24. The first-order chi connectivity index (χ1) is 14.4. The number of piperazine rings is 1. The first-order valence-electron chi connectivity index (χ1n) is 10.2. The van der Waals surface area contributed by atoms with Gasteiger partial charge in [0.05, 0.1) is 6.54 Å². The van der Waals surface area contributed by atoms with Gasteiger partial charge in [0, 0.05) is 60.9 Å². The number of benzene rings is 1. The molecule has 1 aromatic carbocycles. The van der Waals surface area contributed by atoms with Gasteiger partial charge >= 0.3 is 0 Å². The molecule has 0 radical (unpaired) electrons. The Kier molecular flexibility index (Phi) is 5.10. The van der Waals surface area contributed by atoms with Crippen molar-refractivity contribution in [2.45, 2.75) is 31.8 Å². The zero-order valence-corrected chi connectivity index (χ0v) is 16.4. The van der Waals surface area contributed by atoms with E-state index >= 15 is 0 Å². The molecule has 1 aliphatic rings. The molecule has 1 atom stereocenters. The molecule has 1 fully saturated rings. The molecule has 4 aromatic rings. The van der Waals surface area contributed by atoms with E-state index < -0.39 is 0 Å². The van der Waals surface area contributed by atoms with Crippen molar-refractivity contribution in [1.82, 2.24) is 39.9 Å². The fourth-order valence-electron chi connectivity index (χ4n) is 4.27. The molecule has 150 valence electrons. The molecule has 0 bridgehead atoms. The van der Waals surface area contributed by atoms with E-state index in [-0.39, 0.29) is 0 Å². The number of hydrogen-bond donors (Lipinski definition) is 3. The molecular weight excluding hydrogens is 364 g/mol. The van der Waals surface area contributed by atoms with Crippen molar-refractivity contribution in [3.63, 3.8) is 0 Å². The number of aromatic amines is 2. The summed E-state index contributed by atoms with van der Waals surface area (Å²) in [5, 5.41) is 12.7. The van der Waals surface area contributed by atoms with Crippen LogP contribution in [0.4, 0.5) is 0 Å². The summed E-state index contributed by atoms with van der Waals surface area (Å²) < 4.78 is 1.94. The number of hydrogen-bond acceptors (Lipinski definition) is 5. The molecule has 4 heterocycles. The molecule has 0 saturated carbocycles. The number of aromatic nitrogens is 6. The minimum Gasteiger partial charge on any atom is -0.361 e. The normalized spacial score (nSPS) is 17.9. The number of H-pyrrole nitrogens is 2. The smallest absolute Gasteiger partial charge is 0.123 e. The van der Waals surface area contributed by atoms with Crippen LogP contribution in [-0.4, -0.2) is 60.3 Å². The lowest BCUT2D eigenvalue weighted by Gasteiger charge is -2.35. The van der Waals surface area contributed by atoms with Crippen molar-refractivity contribution < 1.29 is 0 Å². The average molecular weight is 390 g/mol. The predicted octanol–water partition coefficient (Wildman–Crippen LogP) is 2.27. The molecule has 8 heteroatoms. The second kappa shape index (κ2) is 8.18. The van der Waals surface area contributed by atoms with E-state index in [0.29, 0.717) is 6.04 Å². The van der Waals surface area contributed by atoms with Gasteiger partial charge in [0.25, 0.3) is 0 Å². The SMILES string of the molecule is c1c[nH]c(CN2CCNCC2CCCc2c[nH]c3ccc(-n4cnnc4)cc23)n1. The molecule has 3 aromatic heterocycles. The monoisotopic (exact) mass is 390 g/mol. The number of nitrogens with zero attached hydrogens (tertiary/aromatic N) is 5. The van der Waals surface area contributed by atoms with Gasteiger partial charge in [-0.1, -0.05) is 0 Å². The van der Waals surface area contributed by atoms with Crippen LogP contribution in [0.5, 0.6) is 0 Å². The average Bonchev–Trinajstić information content (AvgIpc) is 3.51. The molecule has 0 spiro atoms. The van der Waals surface area contributed by atoms with Crippen molar-refractivity contribution in [3.05, 3.63) is 60.8 Å². The molecule has 3 N–H and O–H groups in total. The third kappa shape index (κ3) is 3.94. The van der Waals surface area contributed by atoms with Gasteiger partial charge in [0.1, 0.15) is 18.5 Å². The molecule has 5 rings (SSSR count). The van der Waals surface area contributed by atoms with Crippen molar-refractivity contribution in [3.8, 4) is 5.69 Å². The van der Waals surface area contributed by atoms with Gasteiger partial charge in [-0.3, -0.25) is 9.47 Å². The van der Waals surface area contributed by atoms with E-state index in [4.69, 9.17) is 0 Å². The number of rotatable bonds is 7. The number of nitrogens with one attached hydrogen (secondary N) is 3. The Morgan fingerprint density at radius 1 is 1.14 bits per heavy atom. The Morgan fingerprint density at radius 2 is 2.07 bits per heavy atom. The highest BCUT2D eigenvalue weighted by molar-refractivity contribution is 5.85. The van der Waals surface area contributed by atoms with Gasteiger partial charge in [-0.2, -0.15) is 0 Å². The molecule has 0 amide bonds. The summed E-state index contributed by atoms with van der Waals surface area (Å²) in [7, 11) is 0. The van der Waals surface area contributed by atoms with Crippen LogP contribution in [0.3, 0.4) is 0 Å². The van der Waals surface area contributed by atoms with Crippen LogP contribution in [-0.2, 0) is 13.0 Å². The van der Waals surface area contributed by atoms with Crippen LogP contribution in [0.2, 0.25) is 0 Å². The van der Waals surface area contributed by atoms with Crippen LogP contribution in [0.1, 0.15) is 24.2 Å². The van der Waals surface area contributed by atoms with Gasteiger partial charge in [0.15, 0.2) is 0 Å². The lowest BCUT2D eigenvalue weighted by molar-refractivity contribution is 0.140. The van der Waals surface area contributed by atoms with Gasteiger partial charge in [-0.25, -0.2) is 4.98 Å². The number of imidazole rings is 1. The lowest BCUT2D eigenvalue weighted by atomic mass is 10.0. The van der Waals surface area contributed by atoms with E-state index in [0.717, 1.165) is 50.5 Å². The van der Waals surface area contributed by atoms with Crippen LogP contribution in [0.15, 0.2) is 49.4 Å². The quantitative estimate of drug-likeness (QED) is 0.450. The Hall–Kier alpha value is -2.97. The Labute approximate surface area is 169 Å². The van der Waals surface area contributed by atoms with Gasteiger partial charge in [-0.05, 0) is 43.0 Å². The highest BCUT2D eigenvalue weighted by atomic mass is 15.2. The van der Waals surface area contributed by atoms with Crippen LogP contribution in [0.25, 0.3) is 16.6 Å². The lowest BCUT2D eigenvalue weighted by Crippen LogP contribution is -2.50. The minimum absolute atomic E-state index is 0.548. The van der Waals surface area contributed by atoms with Crippen LogP contribution in [0, 0.1) is 0 Å². The maximum absolute atomic E-state index is 4.40. The minimum atomic E-state index is 0.548. The van der Waals surface area contributed by atoms with E-state index in [2.05, 4.69) is 59.8 Å². The van der Waals surface area contributed by atoms with E-state index in [9.17, 15) is 0 Å². The van der Waals surface area contributed by atoms with Crippen molar-refractivity contribution in [2.75, 3.05) is 19.6 Å². The van der Waals surface area contributed by atoms with E-state index in [1.807, 2.05) is 17.0 Å². The number of fused-ring (bicyclic) bond motifs is 1. The summed E-state index contributed by atoms with van der Waals surface area (Å²) in [4.78, 5) is 13.6. The third-order valence-corrected chi connectivity index (χ3v) is 5.83. The summed E-state index contributed by atoms with van der Waals surface area (Å²) in [6, 6.07) is 6.98. The fraction of sp³-hybridized carbons (Fsp3) is 0.381. The van der Waals surface area contributed by atoms with Gasteiger partial charge in [0.2, 0.25) is 0 Å². The summed E-state index contributed by atoms with van der Waals surface area (Å²) in [5.74, 6) is 1.05. The second-order valence-corrected chi connectivity index (χ2v) is 7.67. The van der Waals surface area contributed by atoms with Crippen molar-refractivity contribution in [1.29, 1.82) is 0 Å². The second-order valence-electron chi connectivity index (χ2n) is 7.67. The first kappa shape index (κ1) is 18.1. The maximum Gasteiger partial charge on any atom is 0.123 e. The summed E-state index contributed by atoms with van der Waals surface area (Å²) in [6.45, 7) is 4.06. The topological polar surface area (TPSA) is 90.5 Å². The zero-order chi connectivity index (χ0) is 19.5. The molecule has 1 unspecified atom stereocenters. The molecular formula is C21H26N8. The molecule has 8 nitrogen and oxygen atoms in total. The predicted molar refractivity (Wildman–Crippen MR) is 112 cm³/mol. The van der Waals surface area contributed by atoms with E-state index in [1.54, 1.807) is 12.7 Å². The Morgan fingerprint density at radius 3 is 2.93 bits per heavy atom. The van der Waals surface area contributed by atoms with Crippen molar-refractivity contribution >= 4 is 10.9 Å². The summed E-state index contributed by atoms with van der Waals surface area (Å²) in [6.07, 6.45) is 12.7. The fourth-order valence-corrected chi connectivity index (χ4v) is 4.27. The molecule has 1 aliphatic heterocycles. The Balaban J connectivity index is 1.25. The summed E-state index contributed by atoms with van der Waals surface area (Å²) >= 11 is 0. The maximum atomic E-state index is 4.40. The standard InChI is InChI=1S/C21H26N8/c1(3-18-12-22-8-9-28(18)13-21-23-6-7-24-21)2-16-11-25-20-5-4-17(10-19(16)20)29-14-26-27-15-29/h4-7,10-11,14-15,18,22,25H,1-3,8-9,12-13H2,(H,23,24). The molecule has 29 heavy (non-hydrogen) atoms. The van der Waals surface area contributed by atoms with Crippen LogP contribution < -0.4 is 5.32 Å². The largest absolute Gasteiger partial charge is 0.361 e. The highest BCUT2D eigenvalue weighted by Gasteiger charge is 2.22.